The zero-order chi connectivity index (χ0) is 39.8. The number of aliphatic hydroxyl groups is 8. The van der Waals surface area contributed by atoms with Crippen LogP contribution in [0.25, 0.3) is 12.2 Å². The molecule has 0 aromatic heterocycles. The SMILES string of the molecule is OC[C@H]1O[C@H](Oc2ccc(/C=C\c3cc(O)cc4c3[C@H](c3cc(O)cc(O)c3)[C@@H](c3ccc(O[C@@H]5O[C@H](CO)[C@@H](O)[C@H](O)[C@H]5O)cc3)O4)cc2)[C@H](O)[C@H](O)[C@H]1O. The minimum Gasteiger partial charge on any atom is -0.508 e. The maximum absolute atomic E-state index is 10.8. The van der Waals surface area contributed by atoms with Crippen molar-refractivity contribution in [1.82, 2.24) is 0 Å². The van der Waals surface area contributed by atoms with E-state index in [1.54, 1.807) is 66.7 Å². The van der Waals surface area contributed by atoms with Crippen LogP contribution in [0.15, 0.2) is 78.9 Å². The highest BCUT2D eigenvalue weighted by Crippen LogP contribution is 2.53. The lowest BCUT2D eigenvalue weighted by molar-refractivity contribution is -0.277. The molecule has 298 valence electrons. The van der Waals surface area contributed by atoms with Gasteiger partial charge in [-0.3, -0.25) is 0 Å². The number of aliphatic hydroxyl groups excluding tert-OH is 8. The number of benzene rings is 4. The number of rotatable bonds is 10. The number of phenols is 3. The maximum atomic E-state index is 10.8. The fraction of sp³-hybridized carbons (Fsp3) is 0.350. The number of hydrogen-bond acceptors (Lipinski definition) is 16. The molecule has 11 N–H and O–H groups in total. The van der Waals surface area contributed by atoms with Crippen molar-refractivity contribution in [3.8, 4) is 34.5 Å². The molecule has 56 heavy (non-hydrogen) atoms. The number of ether oxygens (including phenoxy) is 5. The topological polar surface area (TPSA) is 269 Å². The van der Waals surface area contributed by atoms with Crippen LogP contribution in [0.3, 0.4) is 0 Å². The van der Waals surface area contributed by atoms with Crippen molar-refractivity contribution in [3.05, 3.63) is 107 Å². The average Bonchev–Trinajstić information content (AvgIpc) is 3.57. The number of phenolic OH excluding ortho intramolecular Hbond substituents is 3. The zero-order valence-corrected chi connectivity index (χ0v) is 29.5. The van der Waals surface area contributed by atoms with Crippen LogP contribution in [0.1, 0.15) is 39.8 Å². The smallest absolute Gasteiger partial charge is 0.229 e. The van der Waals surface area contributed by atoms with Crippen molar-refractivity contribution in [1.29, 1.82) is 0 Å². The van der Waals surface area contributed by atoms with Crippen molar-refractivity contribution in [2.45, 2.75) is 73.4 Å². The Balaban J connectivity index is 1.14. The van der Waals surface area contributed by atoms with Crippen molar-refractivity contribution >= 4 is 12.2 Å². The van der Waals surface area contributed by atoms with E-state index in [1.807, 2.05) is 0 Å². The summed E-state index contributed by atoms with van der Waals surface area (Å²) in [6, 6.07) is 20.3. The van der Waals surface area contributed by atoms with Gasteiger partial charge in [0.1, 0.15) is 89.4 Å². The van der Waals surface area contributed by atoms with Crippen molar-refractivity contribution < 1.29 is 79.9 Å². The Hall–Kier alpha value is -4.98. The Morgan fingerprint density at radius 1 is 0.536 bits per heavy atom. The van der Waals surface area contributed by atoms with Gasteiger partial charge >= 0.3 is 0 Å². The van der Waals surface area contributed by atoms with Crippen molar-refractivity contribution in [2.24, 2.45) is 0 Å². The van der Waals surface area contributed by atoms with Crippen LogP contribution < -0.4 is 14.2 Å². The van der Waals surface area contributed by atoms with Gasteiger partial charge in [0.05, 0.1) is 19.1 Å². The van der Waals surface area contributed by atoms with Crippen LogP contribution in [0.5, 0.6) is 34.5 Å². The van der Waals surface area contributed by atoms with Gasteiger partial charge in [0, 0.05) is 17.7 Å². The van der Waals surface area contributed by atoms with E-state index in [4.69, 9.17) is 23.7 Å². The molecule has 0 bridgehead atoms. The van der Waals surface area contributed by atoms with E-state index in [2.05, 4.69) is 0 Å². The highest BCUT2D eigenvalue weighted by molar-refractivity contribution is 5.75. The molecule has 0 aliphatic carbocycles. The first-order chi connectivity index (χ1) is 26.8. The molecule has 4 aromatic carbocycles. The van der Waals surface area contributed by atoms with Gasteiger partial charge in [-0.05, 0) is 64.7 Å². The standard InChI is InChI=1S/C40H42O16/c41-16-28-32(46)34(48)36(50)39(55-28)52-25-7-2-18(3-8-25)1-4-20-11-24(45)15-27-30(20)31(21-12-22(43)14-23(44)13-21)38(54-27)19-5-9-26(10-6-19)53-40-37(51)35(49)33(47)29(17-42)56-40/h1-15,28-29,31-51H,16-17H2/b4-1-/t28-,29-,31+,32+,33-,34-,35+,36-,37-,38-,39+,40-/m1/s1. The van der Waals surface area contributed by atoms with Gasteiger partial charge in [-0.15, -0.1) is 0 Å². The third-order valence-electron chi connectivity index (χ3n) is 10.1. The van der Waals surface area contributed by atoms with Crippen molar-refractivity contribution in [3.63, 3.8) is 0 Å². The predicted molar refractivity (Wildman–Crippen MR) is 194 cm³/mol. The molecule has 0 saturated carbocycles. The second kappa shape index (κ2) is 16.2. The Morgan fingerprint density at radius 3 is 1.55 bits per heavy atom. The summed E-state index contributed by atoms with van der Waals surface area (Å²) in [7, 11) is 0. The molecule has 0 radical (unpaired) electrons. The van der Waals surface area contributed by atoms with E-state index in [1.165, 1.54) is 24.3 Å². The maximum Gasteiger partial charge on any atom is 0.229 e. The molecular formula is C40H42O16. The largest absolute Gasteiger partial charge is 0.508 e. The molecule has 16 heteroatoms. The normalized spacial score (nSPS) is 31.5. The van der Waals surface area contributed by atoms with Crippen LogP contribution in [-0.4, -0.2) is 131 Å². The molecule has 3 heterocycles. The lowest BCUT2D eigenvalue weighted by atomic mass is 9.82. The quantitative estimate of drug-likeness (QED) is 0.0985. The first-order valence-corrected chi connectivity index (χ1v) is 17.7. The zero-order valence-electron chi connectivity index (χ0n) is 29.5. The van der Waals surface area contributed by atoms with E-state index in [-0.39, 0.29) is 28.7 Å². The molecule has 3 aliphatic rings. The van der Waals surface area contributed by atoms with Gasteiger partial charge in [0.25, 0.3) is 0 Å². The molecular weight excluding hydrogens is 736 g/mol. The minimum atomic E-state index is -1.62. The van der Waals surface area contributed by atoms with Crippen LogP contribution in [-0.2, 0) is 9.47 Å². The molecule has 2 saturated heterocycles. The lowest BCUT2D eigenvalue weighted by Crippen LogP contribution is -2.60. The number of hydrogen-bond donors (Lipinski definition) is 11. The van der Waals surface area contributed by atoms with E-state index < -0.39 is 86.6 Å². The summed E-state index contributed by atoms with van der Waals surface area (Å²) in [5.74, 6) is -0.245. The lowest BCUT2D eigenvalue weighted by Gasteiger charge is -2.39. The average molecular weight is 779 g/mol. The van der Waals surface area contributed by atoms with Crippen LogP contribution >= 0.6 is 0 Å². The van der Waals surface area contributed by atoms with Gasteiger partial charge < -0.3 is 79.9 Å². The summed E-state index contributed by atoms with van der Waals surface area (Å²) in [5.41, 5.74) is 3.01. The van der Waals surface area contributed by atoms with Crippen LogP contribution in [0, 0.1) is 0 Å². The molecule has 0 spiro atoms. The van der Waals surface area contributed by atoms with Crippen LogP contribution in [0.2, 0.25) is 0 Å². The number of aromatic hydroxyl groups is 3. The molecule has 3 aliphatic heterocycles. The van der Waals surface area contributed by atoms with Crippen molar-refractivity contribution in [2.75, 3.05) is 13.2 Å². The van der Waals surface area contributed by atoms with E-state index in [9.17, 15) is 56.2 Å². The monoisotopic (exact) mass is 778 g/mol. The fourth-order valence-corrected chi connectivity index (χ4v) is 7.13. The third kappa shape index (κ3) is 7.85. The highest BCUT2D eigenvalue weighted by Gasteiger charge is 2.46. The first kappa shape index (κ1) is 39.3. The highest BCUT2D eigenvalue weighted by atomic mass is 16.7. The molecule has 16 nitrogen and oxygen atoms in total. The Bertz CT molecular complexity index is 1980. The van der Waals surface area contributed by atoms with E-state index in [0.717, 1.165) is 0 Å². The summed E-state index contributed by atoms with van der Waals surface area (Å²) >= 11 is 0. The summed E-state index contributed by atoms with van der Waals surface area (Å²) in [6.07, 6.45) is -11.7. The molecule has 7 rings (SSSR count). The summed E-state index contributed by atoms with van der Waals surface area (Å²) in [5, 5.41) is 112. The second-order valence-corrected chi connectivity index (χ2v) is 13.8. The molecule has 0 amide bonds. The van der Waals surface area contributed by atoms with Gasteiger partial charge in [0.15, 0.2) is 0 Å². The van der Waals surface area contributed by atoms with Gasteiger partial charge in [0.2, 0.25) is 12.6 Å². The Morgan fingerprint density at radius 2 is 1.04 bits per heavy atom. The molecule has 12 atom stereocenters. The Kier molecular flexibility index (Phi) is 11.4. The van der Waals surface area contributed by atoms with Crippen LogP contribution in [0.4, 0.5) is 0 Å². The first-order valence-electron chi connectivity index (χ1n) is 17.7. The Labute approximate surface area is 319 Å². The van der Waals surface area contributed by atoms with E-state index in [0.29, 0.717) is 33.6 Å². The summed E-state index contributed by atoms with van der Waals surface area (Å²) < 4.78 is 28.8. The van der Waals surface area contributed by atoms with Gasteiger partial charge in [-0.1, -0.05) is 36.4 Å². The fourth-order valence-electron chi connectivity index (χ4n) is 7.13. The summed E-state index contributed by atoms with van der Waals surface area (Å²) in [4.78, 5) is 0. The third-order valence-corrected chi connectivity index (χ3v) is 10.1. The molecule has 0 unspecified atom stereocenters. The predicted octanol–water partition coefficient (Wildman–Crippen LogP) is 0.597. The second-order valence-electron chi connectivity index (χ2n) is 13.8. The van der Waals surface area contributed by atoms with Gasteiger partial charge in [-0.2, -0.15) is 0 Å². The van der Waals surface area contributed by atoms with E-state index >= 15 is 0 Å². The van der Waals surface area contributed by atoms with Gasteiger partial charge in [-0.25, -0.2) is 0 Å². The summed E-state index contributed by atoms with van der Waals surface area (Å²) in [6.45, 7) is -1.21. The number of fused-ring (bicyclic) bond motifs is 1. The molecule has 4 aromatic rings. The minimum absolute atomic E-state index is 0.0897. The molecule has 2 fully saturated rings.